The molecule has 2 nitrogen and oxygen atoms in total. The van der Waals surface area contributed by atoms with E-state index in [1.54, 1.807) is 30.3 Å². The van der Waals surface area contributed by atoms with E-state index >= 15 is 0 Å². The summed E-state index contributed by atoms with van der Waals surface area (Å²) in [5, 5.41) is 11.1. The molecule has 1 heterocycles. The maximum atomic E-state index is 10.1. The number of halogens is 2. The second-order valence-corrected chi connectivity index (χ2v) is 4.36. The van der Waals surface area contributed by atoms with Crippen LogP contribution in [0.4, 0.5) is 0 Å². The summed E-state index contributed by atoms with van der Waals surface area (Å²) >= 11 is 11.8. The van der Waals surface area contributed by atoms with E-state index in [-0.39, 0.29) is 0 Å². The number of hydrogen-bond donors (Lipinski definition) is 1. The van der Waals surface area contributed by atoms with Crippen LogP contribution in [0, 0.1) is 6.92 Å². The Morgan fingerprint density at radius 2 is 1.94 bits per heavy atom. The molecule has 1 atom stereocenters. The normalized spacial score (nSPS) is 12.8. The quantitative estimate of drug-likeness (QED) is 0.882. The molecule has 1 aromatic heterocycles. The summed E-state index contributed by atoms with van der Waals surface area (Å²) in [6.45, 7) is 1.82. The van der Waals surface area contributed by atoms with Crippen LogP contribution in [0.5, 0.6) is 0 Å². The van der Waals surface area contributed by atoms with Gasteiger partial charge in [0.25, 0.3) is 0 Å². The van der Waals surface area contributed by atoms with Crippen LogP contribution in [-0.4, -0.2) is 5.11 Å². The van der Waals surface area contributed by atoms with E-state index in [1.165, 1.54) is 0 Å². The first-order chi connectivity index (χ1) is 7.58. The van der Waals surface area contributed by atoms with Gasteiger partial charge in [0, 0.05) is 15.6 Å². The molecule has 16 heavy (non-hydrogen) atoms. The van der Waals surface area contributed by atoms with Crippen molar-refractivity contribution < 1.29 is 9.52 Å². The zero-order valence-corrected chi connectivity index (χ0v) is 10.1. The molecule has 0 saturated carbocycles. The molecule has 0 fully saturated rings. The fraction of sp³-hybridized carbons (Fsp3) is 0.167. The van der Waals surface area contributed by atoms with Crippen molar-refractivity contribution in [3.8, 4) is 0 Å². The molecule has 0 spiro atoms. The van der Waals surface area contributed by atoms with Gasteiger partial charge < -0.3 is 9.52 Å². The molecule has 1 N–H and O–H groups in total. The van der Waals surface area contributed by atoms with Crippen LogP contribution in [-0.2, 0) is 0 Å². The Balaban J connectivity index is 2.40. The molecule has 0 aliphatic rings. The lowest BCUT2D eigenvalue weighted by molar-refractivity contribution is 0.188. The molecular weight excluding hydrogens is 247 g/mol. The summed E-state index contributed by atoms with van der Waals surface area (Å²) in [5.74, 6) is 1.20. The van der Waals surface area contributed by atoms with Gasteiger partial charge in [-0.15, -0.1) is 0 Å². The van der Waals surface area contributed by atoms with Crippen LogP contribution in [0.3, 0.4) is 0 Å². The lowest BCUT2D eigenvalue weighted by Crippen LogP contribution is -1.98. The number of aryl methyl sites for hydroxylation is 1. The van der Waals surface area contributed by atoms with Crippen LogP contribution in [0.2, 0.25) is 10.0 Å². The molecule has 0 amide bonds. The molecular formula is C12H10Cl2O2. The lowest BCUT2D eigenvalue weighted by Gasteiger charge is -2.10. The first kappa shape index (κ1) is 11.5. The third-order valence-electron chi connectivity index (χ3n) is 2.28. The standard InChI is InChI=1S/C12H10Cl2O2/c1-7-2-5-11(16-7)12(15)9-6-8(13)3-4-10(9)14/h2-6,12,15H,1H3. The first-order valence-corrected chi connectivity index (χ1v) is 5.53. The van der Waals surface area contributed by atoms with Crippen LogP contribution in [0.15, 0.2) is 34.7 Å². The highest BCUT2D eigenvalue weighted by Gasteiger charge is 2.17. The number of hydrogen-bond acceptors (Lipinski definition) is 2. The van der Waals surface area contributed by atoms with Crippen molar-refractivity contribution >= 4 is 23.2 Å². The smallest absolute Gasteiger partial charge is 0.138 e. The maximum Gasteiger partial charge on any atom is 0.138 e. The van der Waals surface area contributed by atoms with Gasteiger partial charge in [-0.25, -0.2) is 0 Å². The second-order valence-electron chi connectivity index (χ2n) is 3.52. The Morgan fingerprint density at radius 1 is 1.19 bits per heavy atom. The molecule has 0 saturated heterocycles. The summed E-state index contributed by atoms with van der Waals surface area (Å²) in [6.07, 6.45) is -0.889. The summed E-state index contributed by atoms with van der Waals surface area (Å²) in [5.41, 5.74) is 0.545. The van der Waals surface area contributed by atoms with Gasteiger partial charge in [-0.1, -0.05) is 23.2 Å². The van der Waals surface area contributed by atoms with E-state index in [2.05, 4.69) is 0 Å². The van der Waals surface area contributed by atoms with E-state index < -0.39 is 6.10 Å². The van der Waals surface area contributed by atoms with Crippen LogP contribution >= 0.6 is 23.2 Å². The predicted molar refractivity (Wildman–Crippen MR) is 64.0 cm³/mol. The number of rotatable bonds is 2. The third kappa shape index (κ3) is 2.24. The molecule has 4 heteroatoms. The summed E-state index contributed by atoms with van der Waals surface area (Å²) in [4.78, 5) is 0. The van der Waals surface area contributed by atoms with Crippen LogP contribution in [0.1, 0.15) is 23.2 Å². The average Bonchev–Trinajstić information content (AvgIpc) is 2.67. The van der Waals surface area contributed by atoms with Crippen molar-refractivity contribution in [1.29, 1.82) is 0 Å². The molecule has 0 aliphatic heterocycles. The van der Waals surface area contributed by atoms with E-state index in [0.29, 0.717) is 21.4 Å². The molecule has 1 aromatic carbocycles. The predicted octanol–water partition coefficient (Wildman–Crippen LogP) is 3.98. The Labute approximate surface area is 103 Å². The topological polar surface area (TPSA) is 33.4 Å². The van der Waals surface area contributed by atoms with E-state index in [4.69, 9.17) is 27.6 Å². The van der Waals surface area contributed by atoms with Crippen molar-refractivity contribution in [1.82, 2.24) is 0 Å². The zero-order chi connectivity index (χ0) is 11.7. The van der Waals surface area contributed by atoms with Crippen molar-refractivity contribution in [2.75, 3.05) is 0 Å². The van der Waals surface area contributed by atoms with Crippen LogP contribution in [0.25, 0.3) is 0 Å². The van der Waals surface area contributed by atoms with E-state index in [1.807, 2.05) is 6.92 Å². The molecule has 2 aromatic rings. The van der Waals surface area contributed by atoms with Gasteiger partial charge in [-0.2, -0.15) is 0 Å². The van der Waals surface area contributed by atoms with Gasteiger partial charge in [0.2, 0.25) is 0 Å². The minimum absolute atomic E-state index is 0.460. The minimum Gasteiger partial charge on any atom is -0.463 e. The molecule has 0 aliphatic carbocycles. The van der Waals surface area contributed by atoms with Crippen molar-refractivity contribution in [3.63, 3.8) is 0 Å². The van der Waals surface area contributed by atoms with Gasteiger partial charge in [-0.05, 0) is 37.3 Å². The Bertz CT molecular complexity index is 505. The number of aliphatic hydroxyl groups excluding tert-OH is 1. The van der Waals surface area contributed by atoms with Gasteiger partial charge in [0.05, 0.1) is 0 Å². The Morgan fingerprint density at radius 3 is 2.56 bits per heavy atom. The largest absolute Gasteiger partial charge is 0.463 e. The fourth-order valence-electron chi connectivity index (χ4n) is 1.48. The highest BCUT2D eigenvalue weighted by molar-refractivity contribution is 6.33. The number of aliphatic hydroxyl groups is 1. The summed E-state index contributed by atoms with van der Waals surface area (Å²) in [7, 11) is 0. The first-order valence-electron chi connectivity index (χ1n) is 4.77. The van der Waals surface area contributed by atoms with Crippen molar-refractivity contribution in [2.45, 2.75) is 13.0 Å². The number of benzene rings is 1. The third-order valence-corrected chi connectivity index (χ3v) is 2.86. The Hall–Kier alpha value is -0.960. The molecule has 2 rings (SSSR count). The monoisotopic (exact) mass is 256 g/mol. The highest BCUT2D eigenvalue weighted by atomic mass is 35.5. The highest BCUT2D eigenvalue weighted by Crippen LogP contribution is 2.31. The Kier molecular flexibility index (Phi) is 3.24. The van der Waals surface area contributed by atoms with Gasteiger partial charge >= 0.3 is 0 Å². The lowest BCUT2D eigenvalue weighted by atomic mass is 10.1. The molecule has 0 radical (unpaired) electrons. The molecule has 84 valence electrons. The van der Waals surface area contributed by atoms with Gasteiger partial charge in [-0.3, -0.25) is 0 Å². The van der Waals surface area contributed by atoms with Gasteiger partial charge in [0.15, 0.2) is 0 Å². The summed E-state index contributed by atoms with van der Waals surface area (Å²) in [6, 6.07) is 8.46. The molecule has 0 bridgehead atoms. The van der Waals surface area contributed by atoms with E-state index in [0.717, 1.165) is 5.76 Å². The SMILES string of the molecule is Cc1ccc(C(O)c2cc(Cl)ccc2Cl)o1. The minimum atomic E-state index is -0.889. The summed E-state index contributed by atoms with van der Waals surface area (Å²) < 4.78 is 5.34. The van der Waals surface area contributed by atoms with Crippen LogP contribution < -0.4 is 0 Å². The van der Waals surface area contributed by atoms with Crippen molar-refractivity contribution in [3.05, 3.63) is 57.5 Å². The van der Waals surface area contributed by atoms with E-state index in [9.17, 15) is 5.11 Å². The average molecular weight is 257 g/mol. The fourth-order valence-corrected chi connectivity index (χ4v) is 1.88. The van der Waals surface area contributed by atoms with Crippen molar-refractivity contribution in [2.24, 2.45) is 0 Å². The van der Waals surface area contributed by atoms with Gasteiger partial charge in [0.1, 0.15) is 17.6 Å². The maximum absolute atomic E-state index is 10.1. The zero-order valence-electron chi connectivity index (χ0n) is 8.58. The number of furan rings is 1. The second kappa shape index (κ2) is 4.50. The molecule has 1 unspecified atom stereocenters.